The van der Waals surface area contributed by atoms with E-state index in [-0.39, 0.29) is 6.04 Å². The number of halogens is 1. The highest BCUT2D eigenvalue weighted by molar-refractivity contribution is 6.30. The van der Waals surface area contributed by atoms with E-state index in [0.29, 0.717) is 30.5 Å². The Labute approximate surface area is 164 Å². The van der Waals surface area contributed by atoms with Crippen molar-refractivity contribution in [3.63, 3.8) is 0 Å². The van der Waals surface area contributed by atoms with Gasteiger partial charge in [-0.15, -0.1) is 0 Å². The van der Waals surface area contributed by atoms with E-state index in [0.717, 1.165) is 35.3 Å². The zero-order valence-corrected chi connectivity index (χ0v) is 16.0. The number of nitrogens with zero attached hydrogens (tertiary/aromatic N) is 1. The number of benzene rings is 2. The van der Waals surface area contributed by atoms with E-state index in [1.165, 1.54) is 0 Å². The SMILES string of the molecule is COCCOc1ccc(C2C=C(c3cc(Cl)ccc3N)CCN2C=O)cc1. The first-order valence-corrected chi connectivity index (χ1v) is 9.19. The highest BCUT2D eigenvalue weighted by atomic mass is 35.5. The number of carbonyl (C=O) groups is 1. The van der Waals surface area contributed by atoms with Crippen molar-refractivity contribution in [2.24, 2.45) is 0 Å². The third kappa shape index (κ3) is 4.62. The van der Waals surface area contributed by atoms with Gasteiger partial charge < -0.3 is 20.1 Å². The molecule has 1 atom stereocenters. The lowest BCUT2D eigenvalue weighted by Crippen LogP contribution is -2.30. The van der Waals surface area contributed by atoms with Gasteiger partial charge in [-0.25, -0.2) is 0 Å². The second-order valence-electron chi connectivity index (χ2n) is 6.37. The van der Waals surface area contributed by atoms with Crippen LogP contribution >= 0.6 is 11.6 Å². The molecule has 3 rings (SSSR count). The molecule has 0 fully saturated rings. The summed E-state index contributed by atoms with van der Waals surface area (Å²) in [5.41, 5.74) is 9.86. The Morgan fingerprint density at radius 1 is 1.22 bits per heavy atom. The summed E-state index contributed by atoms with van der Waals surface area (Å²) in [5.74, 6) is 0.771. The fraction of sp³-hybridized carbons (Fsp3) is 0.286. The highest BCUT2D eigenvalue weighted by Crippen LogP contribution is 2.36. The number of amides is 1. The molecule has 0 aliphatic carbocycles. The first kappa shape index (κ1) is 19.3. The average molecular weight is 387 g/mol. The maximum absolute atomic E-state index is 11.6. The van der Waals surface area contributed by atoms with Crippen LogP contribution in [0.2, 0.25) is 5.02 Å². The summed E-state index contributed by atoms with van der Waals surface area (Å²) in [6.07, 6.45) is 3.71. The number of hydrogen-bond acceptors (Lipinski definition) is 4. The first-order valence-electron chi connectivity index (χ1n) is 8.81. The Balaban J connectivity index is 1.87. The van der Waals surface area contributed by atoms with Gasteiger partial charge in [0.25, 0.3) is 0 Å². The highest BCUT2D eigenvalue weighted by Gasteiger charge is 2.24. The topological polar surface area (TPSA) is 64.8 Å². The lowest BCUT2D eigenvalue weighted by molar-refractivity contribution is -0.119. The molecule has 0 radical (unpaired) electrons. The molecule has 27 heavy (non-hydrogen) atoms. The van der Waals surface area contributed by atoms with Crippen LogP contribution in [0.5, 0.6) is 5.75 Å². The van der Waals surface area contributed by atoms with Crippen molar-refractivity contribution in [1.29, 1.82) is 0 Å². The molecule has 142 valence electrons. The zero-order chi connectivity index (χ0) is 19.2. The van der Waals surface area contributed by atoms with Gasteiger partial charge >= 0.3 is 0 Å². The molecule has 0 bridgehead atoms. The zero-order valence-electron chi connectivity index (χ0n) is 15.2. The summed E-state index contributed by atoms with van der Waals surface area (Å²) < 4.78 is 10.6. The van der Waals surface area contributed by atoms with Gasteiger partial charge in [-0.3, -0.25) is 4.79 Å². The van der Waals surface area contributed by atoms with Crippen molar-refractivity contribution in [3.05, 3.63) is 64.7 Å². The molecule has 6 heteroatoms. The van der Waals surface area contributed by atoms with E-state index in [2.05, 4.69) is 6.08 Å². The normalized spacial score (nSPS) is 16.7. The Morgan fingerprint density at radius 3 is 2.70 bits per heavy atom. The minimum atomic E-state index is -0.155. The lowest BCUT2D eigenvalue weighted by Gasteiger charge is -2.32. The monoisotopic (exact) mass is 386 g/mol. The van der Waals surface area contributed by atoms with Crippen LogP contribution < -0.4 is 10.5 Å². The van der Waals surface area contributed by atoms with Crippen LogP contribution in [0.15, 0.2) is 48.5 Å². The minimum Gasteiger partial charge on any atom is -0.491 e. The molecule has 0 aromatic heterocycles. The van der Waals surface area contributed by atoms with Crippen LogP contribution in [-0.2, 0) is 9.53 Å². The molecule has 2 aromatic carbocycles. The van der Waals surface area contributed by atoms with Crippen molar-refractivity contribution < 1.29 is 14.3 Å². The summed E-state index contributed by atoms with van der Waals surface area (Å²) in [4.78, 5) is 13.3. The van der Waals surface area contributed by atoms with Gasteiger partial charge in [0.15, 0.2) is 0 Å². The fourth-order valence-corrected chi connectivity index (χ4v) is 3.37. The van der Waals surface area contributed by atoms with E-state index in [1.807, 2.05) is 36.4 Å². The molecule has 1 aliphatic rings. The molecule has 1 amide bonds. The Morgan fingerprint density at radius 2 is 2.00 bits per heavy atom. The molecule has 0 saturated heterocycles. The van der Waals surface area contributed by atoms with Crippen molar-refractivity contribution >= 4 is 29.3 Å². The van der Waals surface area contributed by atoms with Gasteiger partial charge in [0.2, 0.25) is 6.41 Å². The Kier molecular flexibility index (Phi) is 6.37. The van der Waals surface area contributed by atoms with Gasteiger partial charge in [0.05, 0.1) is 12.6 Å². The van der Waals surface area contributed by atoms with Crippen molar-refractivity contribution in [2.75, 3.05) is 32.6 Å². The van der Waals surface area contributed by atoms with Crippen molar-refractivity contribution in [1.82, 2.24) is 4.90 Å². The number of nitrogens with two attached hydrogens (primary N) is 1. The Hall–Kier alpha value is -2.50. The largest absolute Gasteiger partial charge is 0.491 e. The predicted molar refractivity (Wildman–Crippen MR) is 108 cm³/mol. The molecule has 1 unspecified atom stereocenters. The second-order valence-corrected chi connectivity index (χ2v) is 6.81. The van der Waals surface area contributed by atoms with Gasteiger partial charge in [0, 0.05) is 29.9 Å². The van der Waals surface area contributed by atoms with E-state index in [9.17, 15) is 4.79 Å². The van der Waals surface area contributed by atoms with Crippen LogP contribution in [-0.4, -0.2) is 38.2 Å². The molecule has 5 nitrogen and oxygen atoms in total. The quantitative estimate of drug-likeness (QED) is 0.445. The van der Waals surface area contributed by atoms with E-state index >= 15 is 0 Å². The van der Waals surface area contributed by atoms with Gasteiger partial charge in [-0.05, 0) is 47.9 Å². The molecule has 0 saturated carbocycles. The molecule has 0 spiro atoms. The smallest absolute Gasteiger partial charge is 0.210 e. The maximum Gasteiger partial charge on any atom is 0.210 e. The summed E-state index contributed by atoms with van der Waals surface area (Å²) in [7, 11) is 1.64. The molecule has 2 aromatic rings. The maximum atomic E-state index is 11.6. The Bertz CT molecular complexity index is 821. The third-order valence-corrected chi connectivity index (χ3v) is 4.87. The standard InChI is InChI=1S/C21H23ClN2O3/c1-26-10-11-27-18-5-2-15(3-6-18)21-12-16(8-9-24(21)14-25)19-13-17(22)4-7-20(19)23/h2-7,12-14,21H,8-11,23H2,1H3. The molecule has 1 heterocycles. The number of carbonyl (C=O) groups excluding carboxylic acids is 1. The molecular weight excluding hydrogens is 364 g/mol. The summed E-state index contributed by atoms with van der Waals surface area (Å²) >= 11 is 6.14. The van der Waals surface area contributed by atoms with Crippen LogP contribution in [0.25, 0.3) is 5.57 Å². The van der Waals surface area contributed by atoms with Crippen LogP contribution in [0.4, 0.5) is 5.69 Å². The van der Waals surface area contributed by atoms with Gasteiger partial charge in [0.1, 0.15) is 12.4 Å². The third-order valence-electron chi connectivity index (χ3n) is 4.63. The molecule has 2 N–H and O–H groups in total. The number of ether oxygens (including phenoxy) is 2. The van der Waals surface area contributed by atoms with E-state index in [4.69, 9.17) is 26.8 Å². The van der Waals surface area contributed by atoms with E-state index in [1.54, 1.807) is 18.1 Å². The van der Waals surface area contributed by atoms with Gasteiger partial charge in [-0.2, -0.15) is 0 Å². The van der Waals surface area contributed by atoms with Crippen LogP contribution in [0.3, 0.4) is 0 Å². The van der Waals surface area contributed by atoms with E-state index < -0.39 is 0 Å². The summed E-state index contributed by atoms with van der Waals surface area (Å²) in [5, 5.41) is 0.645. The number of anilines is 1. The number of nitrogen functional groups attached to an aromatic ring is 1. The molecule has 1 aliphatic heterocycles. The summed E-state index contributed by atoms with van der Waals surface area (Å²) in [6, 6.07) is 13.1. The fourth-order valence-electron chi connectivity index (χ4n) is 3.20. The van der Waals surface area contributed by atoms with Crippen LogP contribution in [0, 0.1) is 0 Å². The minimum absolute atomic E-state index is 0.155. The second kappa shape index (κ2) is 8.93. The number of methoxy groups -OCH3 is 1. The van der Waals surface area contributed by atoms with Gasteiger partial charge in [-0.1, -0.05) is 29.8 Å². The number of hydrogen-bond donors (Lipinski definition) is 1. The van der Waals surface area contributed by atoms with Crippen LogP contribution in [0.1, 0.15) is 23.6 Å². The lowest BCUT2D eigenvalue weighted by atomic mass is 9.92. The van der Waals surface area contributed by atoms with Crippen molar-refractivity contribution in [3.8, 4) is 5.75 Å². The summed E-state index contributed by atoms with van der Waals surface area (Å²) in [6.45, 7) is 1.66. The van der Waals surface area contributed by atoms with Crippen molar-refractivity contribution in [2.45, 2.75) is 12.5 Å². The molecular formula is C21H23ClN2O3. The number of rotatable bonds is 7. The first-order chi connectivity index (χ1) is 13.1. The predicted octanol–water partition coefficient (Wildman–Crippen LogP) is 3.93. The average Bonchev–Trinajstić information content (AvgIpc) is 2.70.